The minimum Gasteiger partial charge on any atom is -0.496 e. The molecule has 0 N–H and O–H groups in total. The van der Waals surface area contributed by atoms with E-state index in [0.29, 0.717) is 23.6 Å². The normalized spacial score (nSPS) is 15.0. The molecule has 2 aromatic rings. The van der Waals surface area contributed by atoms with E-state index in [1.807, 2.05) is 43.3 Å². The molecule has 0 aliphatic heterocycles. The molecule has 0 radical (unpaired) electrons. The molecule has 0 bridgehead atoms. The molecule has 28 heavy (non-hydrogen) atoms. The maximum Gasteiger partial charge on any atom is 0.251 e. The van der Waals surface area contributed by atoms with E-state index in [-0.39, 0.29) is 12.3 Å². The highest BCUT2D eigenvalue weighted by atomic mass is 16.5. The van der Waals surface area contributed by atoms with Crippen molar-refractivity contribution in [1.82, 2.24) is 20.0 Å². The Morgan fingerprint density at radius 3 is 2.61 bits per heavy atom. The van der Waals surface area contributed by atoms with E-state index in [1.165, 1.54) is 19.3 Å². The average molecular weight is 386 g/mol. The van der Waals surface area contributed by atoms with E-state index in [2.05, 4.69) is 15.1 Å². The van der Waals surface area contributed by atoms with Crippen LogP contribution in [0.1, 0.15) is 38.0 Å². The summed E-state index contributed by atoms with van der Waals surface area (Å²) in [6.45, 7) is 1.57. The van der Waals surface area contributed by atoms with Crippen LogP contribution in [-0.4, -0.2) is 66.2 Å². The van der Waals surface area contributed by atoms with Crippen molar-refractivity contribution in [2.24, 2.45) is 0 Å². The zero-order valence-corrected chi connectivity index (χ0v) is 17.1. The lowest BCUT2D eigenvalue weighted by molar-refractivity contribution is -0.134. The first kappa shape index (κ1) is 20.3. The van der Waals surface area contributed by atoms with Gasteiger partial charge >= 0.3 is 0 Å². The number of nitrogens with zero attached hydrogens (tertiary/aromatic N) is 4. The zero-order chi connectivity index (χ0) is 19.9. The van der Waals surface area contributed by atoms with E-state index >= 15 is 0 Å². The third-order valence-electron chi connectivity index (χ3n) is 5.23. The first-order chi connectivity index (χ1) is 13.6. The Morgan fingerprint density at radius 2 is 1.89 bits per heavy atom. The van der Waals surface area contributed by atoms with Gasteiger partial charge in [0.15, 0.2) is 0 Å². The maximum atomic E-state index is 13.0. The predicted octanol–water partition coefficient (Wildman–Crippen LogP) is 3.01. The summed E-state index contributed by atoms with van der Waals surface area (Å²) in [5.41, 5.74) is 0.730. The smallest absolute Gasteiger partial charge is 0.251 e. The Morgan fingerprint density at radius 1 is 1.14 bits per heavy atom. The van der Waals surface area contributed by atoms with Crippen LogP contribution in [0, 0.1) is 0 Å². The van der Waals surface area contributed by atoms with Gasteiger partial charge in [-0.05, 0) is 39.1 Å². The van der Waals surface area contributed by atoms with Gasteiger partial charge < -0.3 is 19.0 Å². The summed E-state index contributed by atoms with van der Waals surface area (Å²) >= 11 is 0. The Hall–Kier alpha value is -2.41. The Kier molecular flexibility index (Phi) is 7.03. The van der Waals surface area contributed by atoms with Crippen molar-refractivity contribution in [1.29, 1.82) is 0 Å². The fraction of sp³-hybridized carbons (Fsp3) is 0.571. The molecule has 1 fully saturated rings. The summed E-state index contributed by atoms with van der Waals surface area (Å²) < 4.78 is 11.1. The molecule has 0 unspecified atom stereocenters. The molecule has 0 atom stereocenters. The monoisotopic (exact) mass is 386 g/mol. The molecule has 1 amide bonds. The Labute approximate surface area is 166 Å². The number of methoxy groups -OCH3 is 1. The summed E-state index contributed by atoms with van der Waals surface area (Å²) in [5.74, 6) is 1.44. The van der Waals surface area contributed by atoms with Gasteiger partial charge in [0.25, 0.3) is 5.89 Å². The minimum absolute atomic E-state index is 0.0592. The molecule has 0 saturated heterocycles. The van der Waals surface area contributed by atoms with Crippen molar-refractivity contribution >= 4 is 5.91 Å². The topological polar surface area (TPSA) is 71.7 Å². The Balaban J connectivity index is 1.71. The van der Waals surface area contributed by atoms with Crippen LogP contribution in [0.4, 0.5) is 0 Å². The van der Waals surface area contributed by atoms with Gasteiger partial charge in [-0.3, -0.25) is 4.79 Å². The van der Waals surface area contributed by atoms with Crippen molar-refractivity contribution in [3.63, 3.8) is 0 Å². The summed E-state index contributed by atoms with van der Waals surface area (Å²) in [6.07, 6.45) is 5.93. The van der Waals surface area contributed by atoms with Gasteiger partial charge in [-0.2, -0.15) is 0 Å². The first-order valence-corrected chi connectivity index (χ1v) is 9.98. The minimum atomic E-state index is 0.0592. The fourth-order valence-electron chi connectivity index (χ4n) is 3.70. The summed E-state index contributed by atoms with van der Waals surface area (Å²) in [5, 5.41) is 8.22. The lowest BCUT2D eigenvalue weighted by Gasteiger charge is -2.35. The number of para-hydroxylation sites is 1. The number of carbonyl (C=O) groups excluding carboxylic acids is 1. The first-order valence-electron chi connectivity index (χ1n) is 9.98. The third kappa shape index (κ3) is 5.10. The van der Waals surface area contributed by atoms with Crippen LogP contribution in [0.15, 0.2) is 28.7 Å². The van der Waals surface area contributed by atoms with Crippen LogP contribution < -0.4 is 4.74 Å². The van der Waals surface area contributed by atoms with Gasteiger partial charge in [0.1, 0.15) is 12.2 Å². The van der Waals surface area contributed by atoms with Gasteiger partial charge in [-0.15, -0.1) is 10.2 Å². The molecule has 7 heteroatoms. The van der Waals surface area contributed by atoms with Gasteiger partial charge in [0.05, 0.1) is 12.7 Å². The standard InChI is InChI=1S/C21H30N4O3/c1-24(2)13-14-25(16-9-5-4-6-10-16)20(26)15-19-22-23-21(28-19)17-11-7-8-12-18(17)27-3/h7-8,11-12,16H,4-6,9-10,13-15H2,1-3H3. The highest BCUT2D eigenvalue weighted by molar-refractivity contribution is 5.78. The van der Waals surface area contributed by atoms with Gasteiger partial charge in [0, 0.05) is 19.1 Å². The van der Waals surface area contributed by atoms with E-state index in [4.69, 9.17) is 9.15 Å². The second-order valence-electron chi connectivity index (χ2n) is 7.56. The molecular formula is C21H30N4O3. The van der Waals surface area contributed by atoms with Gasteiger partial charge in [-0.1, -0.05) is 31.4 Å². The molecule has 1 aromatic heterocycles. The Bertz CT molecular complexity index is 769. The van der Waals surface area contributed by atoms with Crippen molar-refractivity contribution in [3.8, 4) is 17.2 Å². The molecule has 1 saturated carbocycles. The maximum absolute atomic E-state index is 13.0. The summed E-state index contributed by atoms with van der Waals surface area (Å²) in [6, 6.07) is 7.80. The highest BCUT2D eigenvalue weighted by Crippen LogP contribution is 2.29. The lowest BCUT2D eigenvalue weighted by atomic mass is 9.94. The number of hydrogen-bond donors (Lipinski definition) is 0. The lowest BCUT2D eigenvalue weighted by Crippen LogP contribution is -2.45. The van der Waals surface area contributed by atoms with E-state index in [9.17, 15) is 4.79 Å². The van der Waals surface area contributed by atoms with Gasteiger partial charge in [0.2, 0.25) is 11.8 Å². The second-order valence-corrected chi connectivity index (χ2v) is 7.56. The molecule has 1 aliphatic rings. The van der Waals surface area contributed by atoms with Crippen molar-refractivity contribution in [3.05, 3.63) is 30.2 Å². The predicted molar refractivity (Wildman–Crippen MR) is 107 cm³/mol. The van der Waals surface area contributed by atoms with Crippen LogP contribution in [0.5, 0.6) is 5.75 Å². The van der Waals surface area contributed by atoms with Crippen LogP contribution in [0.3, 0.4) is 0 Å². The van der Waals surface area contributed by atoms with E-state index in [0.717, 1.165) is 31.5 Å². The van der Waals surface area contributed by atoms with Crippen LogP contribution in [-0.2, 0) is 11.2 Å². The number of ether oxygens (including phenoxy) is 1. The molecule has 1 heterocycles. The number of amides is 1. The van der Waals surface area contributed by atoms with Crippen molar-refractivity contribution in [2.75, 3.05) is 34.3 Å². The molecule has 1 aliphatic carbocycles. The SMILES string of the molecule is COc1ccccc1-c1nnc(CC(=O)N(CCN(C)C)C2CCCCC2)o1. The second kappa shape index (κ2) is 9.68. The molecule has 7 nitrogen and oxygen atoms in total. The number of carbonyl (C=O) groups is 1. The number of likely N-dealkylation sites (N-methyl/N-ethyl adjacent to an activating group) is 1. The van der Waals surface area contributed by atoms with Crippen LogP contribution in [0.25, 0.3) is 11.5 Å². The third-order valence-corrected chi connectivity index (χ3v) is 5.23. The molecule has 152 valence electrons. The fourth-order valence-corrected chi connectivity index (χ4v) is 3.70. The average Bonchev–Trinajstić information content (AvgIpc) is 3.17. The van der Waals surface area contributed by atoms with E-state index < -0.39 is 0 Å². The van der Waals surface area contributed by atoms with Crippen molar-refractivity contribution < 1.29 is 13.9 Å². The van der Waals surface area contributed by atoms with Gasteiger partial charge in [-0.25, -0.2) is 0 Å². The zero-order valence-electron chi connectivity index (χ0n) is 17.1. The summed E-state index contributed by atoms with van der Waals surface area (Å²) in [7, 11) is 5.66. The number of aromatic nitrogens is 2. The quantitative estimate of drug-likeness (QED) is 0.694. The van der Waals surface area contributed by atoms with Crippen LogP contribution >= 0.6 is 0 Å². The number of hydrogen-bond acceptors (Lipinski definition) is 6. The largest absolute Gasteiger partial charge is 0.496 e. The number of rotatable bonds is 8. The highest BCUT2D eigenvalue weighted by Gasteiger charge is 2.27. The molecule has 3 rings (SSSR count). The molecule has 0 spiro atoms. The number of benzene rings is 1. The summed E-state index contributed by atoms with van der Waals surface area (Å²) in [4.78, 5) is 17.2. The van der Waals surface area contributed by atoms with E-state index in [1.54, 1.807) is 7.11 Å². The van der Waals surface area contributed by atoms with Crippen molar-refractivity contribution in [2.45, 2.75) is 44.6 Å². The molecular weight excluding hydrogens is 356 g/mol. The molecule has 1 aromatic carbocycles. The van der Waals surface area contributed by atoms with Crippen LogP contribution in [0.2, 0.25) is 0 Å².